The van der Waals surface area contributed by atoms with Crippen molar-refractivity contribution >= 4 is 10.9 Å². The SMILES string of the molecule is C#CCCOc1ccc2c(c1)c(CN1CCC(O)CC1)cn2CC1CCCCC1. The molecule has 0 amide bonds. The number of aromatic nitrogens is 1. The first-order valence-corrected chi connectivity index (χ1v) is 11.3. The second kappa shape index (κ2) is 9.69. The van der Waals surface area contributed by atoms with Crippen LogP contribution in [0.25, 0.3) is 10.9 Å². The van der Waals surface area contributed by atoms with Crippen LogP contribution in [0, 0.1) is 18.3 Å². The molecule has 0 atom stereocenters. The number of likely N-dealkylation sites (tertiary alicyclic amines) is 1. The molecule has 1 aliphatic heterocycles. The number of ether oxygens (including phenoxy) is 1. The zero-order valence-corrected chi connectivity index (χ0v) is 17.5. The molecule has 0 radical (unpaired) electrons. The van der Waals surface area contributed by atoms with Crippen molar-refractivity contribution in [3.8, 4) is 18.1 Å². The molecule has 0 bridgehead atoms. The van der Waals surface area contributed by atoms with Gasteiger partial charge < -0.3 is 14.4 Å². The van der Waals surface area contributed by atoms with Gasteiger partial charge in [-0.2, -0.15) is 0 Å². The molecule has 4 nitrogen and oxygen atoms in total. The zero-order chi connectivity index (χ0) is 20.1. The van der Waals surface area contributed by atoms with E-state index >= 15 is 0 Å². The van der Waals surface area contributed by atoms with E-state index < -0.39 is 0 Å². The fraction of sp³-hybridized carbons (Fsp3) is 0.600. The Morgan fingerprint density at radius 3 is 2.66 bits per heavy atom. The van der Waals surface area contributed by atoms with Crippen LogP contribution in [-0.2, 0) is 13.1 Å². The third-order valence-electron chi connectivity index (χ3n) is 6.58. The molecule has 1 saturated heterocycles. The van der Waals surface area contributed by atoms with Crippen LogP contribution in [0.2, 0.25) is 0 Å². The first-order chi connectivity index (χ1) is 14.2. The second-order valence-electron chi connectivity index (χ2n) is 8.80. The minimum absolute atomic E-state index is 0.130. The molecule has 4 rings (SSSR count). The van der Waals surface area contributed by atoms with Crippen LogP contribution < -0.4 is 4.74 Å². The van der Waals surface area contributed by atoms with Gasteiger partial charge in [-0.1, -0.05) is 19.3 Å². The fourth-order valence-corrected chi connectivity index (χ4v) is 4.91. The maximum Gasteiger partial charge on any atom is 0.120 e. The summed E-state index contributed by atoms with van der Waals surface area (Å²) in [6.07, 6.45) is 16.8. The Kier molecular flexibility index (Phi) is 6.79. The molecule has 2 aliphatic rings. The Hall–Kier alpha value is -1.96. The van der Waals surface area contributed by atoms with Crippen LogP contribution in [0.1, 0.15) is 56.9 Å². The number of aliphatic hydroxyl groups is 1. The summed E-state index contributed by atoms with van der Waals surface area (Å²) in [6.45, 7) is 4.55. The number of benzene rings is 1. The molecule has 1 saturated carbocycles. The molecule has 0 unspecified atom stereocenters. The summed E-state index contributed by atoms with van der Waals surface area (Å²) in [6, 6.07) is 6.49. The first kappa shape index (κ1) is 20.3. The highest BCUT2D eigenvalue weighted by atomic mass is 16.5. The van der Waals surface area contributed by atoms with Gasteiger partial charge in [-0.05, 0) is 55.4 Å². The standard InChI is InChI=1S/C25H34N2O2/c1-2-3-15-29-23-9-10-25-24(16-23)21(18-26-13-11-22(28)12-14-26)19-27(25)17-20-7-5-4-6-8-20/h1,9-10,16,19-20,22,28H,3-8,11-15,17-18H2. The lowest BCUT2D eigenvalue weighted by Crippen LogP contribution is -2.35. The number of rotatable bonds is 7. The smallest absolute Gasteiger partial charge is 0.120 e. The number of terminal acetylenes is 1. The molecule has 29 heavy (non-hydrogen) atoms. The quantitative estimate of drug-likeness (QED) is 0.552. The highest BCUT2D eigenvalue weighted by molar-refractivity contribution is 5.85. The molecule has 2 heterocycles. The van der Waals surface area contributed by atoms with Crippen molar-refractivity contribution in [3.05, 3.63) is 30.0 Å². The largest absolute Gasteiger partial charge is 0.493 e. The van der Waals surface area contributed by atoms with Gasteiger partial charge in [-0.15, -0.1) is 12.3 Å². The molecule has 1 aromatic heterocycles. The van der Waals surface area contributed by atoms with Crippen LogP contribution in [0.5, 0.6) is 5.75 Å². The normalized spacial score (nSPS) is 19.4. The second-order valence-corrected chi connectivity index (χ2v) is 8.80. The van der Waals surface area contributed by atoms with Crippen molar-refractivity contribution in [2.75, 3.05) is 19.7 Å². The molecule has 4 heteroatoms. The predicted octanol–water partition coefficient (Wildman–Crippen LogP) is 4.58. The lowest BCUT2D eigenvalue weighted by Gasteiger charge is -2.29. The predicted molar refractivity (Wildman–Crippen MR) is 118 cm³/mol. The minimum Gasteiger partial charge on any atom is -0.493 e. The van der Waals surface area contributed by atoms with Gasteiger partial charge >= 0.3 is 0 Å². The summed E-state index contributed by atoms with van der Waals surface area (Å²) in [4.78, 5) is 2.47. The molecule has 1 aliphatic carbocycles. The third-order valence-corrected chi connectivity index (χ3v) is 6.58. The Morgan fingerprint density at radius 2 is 1.90 bits per heavy atom. The molecule has 156 valence electrons. The van der Waals surface area contributed by atoms with Crippen molar-refractivity contribution in [3.63, 3.8) is 0 Å². The van der Waals surface area contributed by atoms with E-state index in [1.807, 2.05) is 0 Å². The lowest BCUT2D eigenvalue weighted by atomic mass is 9.89. The van der Waals surface area contributed by atoms with E-state index in [4.69, 9.17) is 11.2 Å². The molecule has 1 N–H and O–H groups in total. The van der Waals surface area contributed by atoms with E-state index in [2.05, 4.69) is 39.8 Å². The van der Waals surface area contributed by atoms with E-state index in [-0.39, 0.29) is 6.10 Å². The number of nitrogens with zero attached hydrogens (tertiary/aromatic N) is 2. The van der Waals surface area contributed by atoms with E-state index in [0.29, 0.717) is 13.0 Å². The summed E-state index contributed by atoms with van der Waals surface area (Å²) in [5.41, 5.74) is 2.68. The van der Waals surface area contributed by atoms with Crippen molar-refractivity contribution in [1.82, 2.24) is 9.47 Å². The maximum atomic E-state index is 9.83. The Labute approximate surface area is 174 Å². The Balaban J connectivity index is 1.57. The molecular formula is C25H34N2O2. The maximum absolute atomic E-state index is 9.83. The van der Waals surface area contributed by atoms with Gasteiger partial charge in [0.05, 0.1) is 12.7 Å². The lowest BCUT2D eigenvalue weighted by molar-refractivity contribution is 0.0794. The van der Waals surface area contributed by atoms with E-state index in [1.165, 1.54) is 48.6 Å². The topological polar surface area (TPSA) is 37.6 Å². The van der Waals surface area contributed by atoms with Gasteiger partial charge in [-0.25, -0.2) is 0 Å². The highest BCUT2D eigenvalue weighted by Gasteiger charge is 2.21. The summed E-state index contributed by atoms with van der Waals surface area (Å²) < 4.78 is 8.35. The Bertz CT molecular complexity index is 836. The van der Waals surface area contributed by atoms with Gasteiger partial charge in [0.15, 0.2) is 0 Å². The highest BCUT2D eigenvalue weighted by Crippen LogP contribution is 2.31. The third kappa shape index (κ3) is 5.15. The van der Waals surface area contributed by atoms with E-state index in [1.54, 1.807) is 0 Å². The summed E-state index contributed by atoms with van der Waals surface area (Å²) in [5, 5.41) is 11.1. The van der Waals surface area contributed by atoms with E-state index in [9.17, 15) is 5.11 Å². The summed E-state index contributed by atoms with van der Waals surface area (Å²) >= 11 is 0. The van der Waals surface area contributed by atoms with Crippen molar-refractivity contribution in [2.45, 2.75) is 70.6 Å². The van der Waals surface area contributed by atoms with Crippen molar-refractivity contribution in [2.24, 2.45) is 5.92 Å². The number of fused-ring (bicyclic) bond motifs is 1. The number of aliphatic hydroxyl groups excluding tert-OH is 1. The monoisotopic (exact) mass is 394 g/mol. The summed E-state index contributed by atoms with van der Waals surface area (Å²) in [7, 11) is 0. The van der Waals surface area contributed by atoms with Crippen LogP contribution in [0.4, 0.5) is 0 Å². The molecular weight excluding hydrogens is 360 g/mol. The molecule has 1 aromatic carbocycles. The number of piperidine rings is 1. The molecule has 0 spiro atoms. The average molecular weight is 395 g/mol. The van der Waals surface area contributed by atoms with Gasteiger partial charge in [0.2, 0.25) is 0 Å². The summed E-state index contributed by atoms with van der Waals surface area (Å²) in [5.74, 6) is 4.33. The fourth-order valence-electron chi connectivity index (χ4n) is 4.91. The van der Waals surface area contributed by atoms with Crippen LogP contribution in [0.3, 0.4) is 0 Å². The van der Waals surface area contributed by atoms with Gasteiger partial charge in [0, 0.05) is 49.7 Å². The Morgan fingerprint density at radius 1 is 1.10 bits per heavy atom. The molecule has 2 aromatic rings. The number of hydrogen-bond acceptors (Lipinski definition) is 3. The zero-order valence-electron chi connectivity index (χ0n) is 17.5. The van der Waals surface area contributed by atoms with Gasteiger partial charge in [0.1, 0.15) is 5.75 Å². The van der Waals surface area contributed by atoms with E-state index in [0.717, 1.165) is 50.7 Å². The van der Waals surface area contributed by atoms with Crippen LogP contribution >= 0.6 is 0 Å². The first-order valence-electron chi connectivity index (χ1n) is 11.3. The van der Waals surface area contributed by atoms with Gasteiger partial charge in [0.25, 0.3) is 0 Å². The van der Waals surface area contributed by atoms with Crippen LogP contribution in [0.15, 0.2) is 24.4 Å². The molecule has 2 fully saturated rings. The minimum atomic E-state index is -0.130. The number of hydrogen-bond donors (Lipinski definition) is 1. The van der Waals surface area contributed by atoms with Gasteiger partial charge in [-0.3, -0.25) is 4.90 Å². The van der Waals surface area contributed by atoms with Crippen molar-refractivity contribution in [1.29, 1.82) is 0 Å². The van der Waals surface area contributed by atoms with Crippen molar-refractivity contribution < 1.29 is 9.84 Å². The van der Waals surface area contributed by atoms with Crippen LogP contribution in [-0.4, -0.2) is 40.4 Å². The average Bonchev–Trinajstić information content (AvgIpc) is 3.07.